The lowest BCUT2D eigenvalue weighted by molar-refractivity contribution is -0.151. The Morgan fingerprint density at radius 1 is 0.484 bits per heavy atom. The number of esters is 1. The molecule has 0 aromatic heterocycles. The number of aliphatic hydroxyl groups excluding tert-OH is 2. The van der Waals surface area contributed by atoms with Crippen molar-refractivity contribution in [2.75, 3.05) is 6.61 Å². The molecule has 0 saturated carbocycles. The topological polar surface area (TPSA) is 95.9 Å². The van der Waals surface area contributed by atoms with Crippen molar-refractivity contribution in [3.63, 3.8) is 0 Å². The molecule has 0 aliphatic rings. The molecule has 3 atom stereocenters. The first-order valence-corrected chi connectivity index (χ1v) is 26.9. The van der Waals surface area contributed by atoms with Gasteiger partial charge in [-0.15, -0.1) is 0 Å². The predicted octanol–water partition coefficient (Wildman–Crippen LogP) is 16.2. The van der Waals surface area contributed by atoms with E-state index in [-0.39, 0.29) is 24.9 Å². The number of ether oxygens (including phenoxy) is 1. The van der Waals surface area contributed by atoms with E-state index >= 15 is 0 Å². The summed E-state index contributed by atoms with van der Waals surface area (Å²) in [6.07, 6.45) is 60.3. The molecule has 3 unspecified atom stereocenters. The maximum absolute atomic E-state index is 13.2. The van der Waals surface area contributed by atoms with Gasteiger partial charge in [0.25, 0.3) is 0 Å². The van der Waals surface area contributed by atoms with E-state index in [9.17, 15) is 19.8 Å². The maximum Gasteiger partial charge on any atom is 0.306 e. The normalized spacial score (nSPS) is 13.6. The number of hydrogen-bond acceptors (Lipinski definition) is 5. The van der Waals surface area contributed by atoms with Gasteiger partial charge < -0.3 is 20.3 Å². The highest BCUT2D eigenvalue weighted by Gasteiger charge is 2.24. The molecule has 0 saturated heterocycles. The summed E-state index contributed by atoms with van der Waals surface area (Å²) in [6.45, 7) is 6.37. The first-order chi connectivity index (χ1) is 30.5. The van der Waals surface area contributed by atoms with Gasteiger partial charge in [0.05, 0.1) is 25.2 Å². The molecule has 3 N–H and O–H groups in total. The number of nitrogens with one attached hydrogen (secondary N) is 1. The zero-order valence-electron chi connectivity index (χ0n) is 41.3. The minimum Gasteiger partial charge on any atom is -0.462 e. The van der Waals surface area contributed by atoms with Crippen LogP contribution in [0.5, 0.6) is 0 Å². The van der Waals surface area contributed by atoms with Crippen LogP contribution in [0.15, 0.2) is 48.6 Å². The third-order valence-corrected chi connectivity index (χ3v) is 12.2. The molecule has 0 radical (unpaired) electrons. The van der Waals surface area contributed by atoms with Crippen LogP contribution in [0.1, 0.15) is 271 Å². The van der Waals surface area contributed by atoms with E-state index < -0.39 is 18.2 Å². The summed E-state index contributed by atoms with van der Waals surface area (Å²) < 4.78 is 5.92. The Bertz CT molecular complexity index is 1070. The van der Waals surface area contributed by atoms with E-state index in [1.54, 1.807) is 0 Å². The molecule has 62 heavy (non-hydrogen) atoms. The molecular formula is C56H103NO5. The molecule has 6 nitrogen and oxygen atoms in total. The van der Waals surface area contributed by atoms with Gasteiger partial charge >= 0.3 is 5.97 Å². The summed E-state index contributed by atoms with van der Waals surface area (Å²) in [7, 11) is 0. The Hall–Kier alpha value is -2.18. The van der Waals surface area contributed by atoms with Gasteiger partial charge in [0.1, 0.15) is 6.10 Å². The maximum atomic E-state index is 13.2. The number of allylic oxidation sites excluding steroid dienone is 8. The van der Waals surface area contributed by atoms with Crippen molar-refractivity contribution < 1.29 is 24.5 Å². The number of aliphatic hydroxyl groups is 2. The average Bonchev–Trinajstić information content (AvgIpc) is 3.26. The van der Waals surface area contributed by atoms with Crippen LogP contribution in [0.25, 0.3) is 0 Å². The van der Waals surface area contributed by atoms with Gasteiger partial charge in [-0.2, -0.15) is 0 Å². The highest BCUT2D eigenvalue weighted by Crippen LogP contribution is 2.18. The van der Waals surface area contributed by atoms with Crippen molar-refractivity contribution in [3.05, 3.63) is 48.6 Å². The quantitative estimate of drug-likeness (QED) is 0.0322. The number of unbranched alkanes of at least 4 members (excludes halogenated alkanes) is 28. The SMILES string of the molecule is CC/C=C/C/C=C/C/C=C/C/C=C/CCCC(CC(=O)NC(CO)C(O)CCCCCCCCCCCCCCCC)OC(=O)CCCCCCCCCCCCCCCCC. The van der Waals surface area contributed by atoms with E-state index in [2.05, 4.69) is 74.7 Å². The van der Waals surface area contributed by atoms with Gasteiger partial charge in [-0.05, 0) is 57.8 Å². The van der Waals surface area contributed by atoms with E-state index in [1.807, 2.05) is 0 Å². The van der Waals surface area contributed by atoms with E-state index in [0.29, 0.717) is 19.3 Å². The number of amides is 1. The van der Waals surface area contributed by atoms with Crippen molar-refractivity contribution in [1.82, 2.24) is 5.32 Å². The van der Waals surface area contributed by atoms with Gasteiger partial charge in [-0.3, -0.25) is 9.59 Å². The van der Waals surface area contributed by atoms with Crippen LogP contribution in [0, 0.1) is 0 Å². The van der Waals surface area contributed by atoms with E-state index in [0.717, 1.165) is 77.0 Å². The highest BCUT2D eigenvalue weighted by molar-refractivity contribution is 5.77. The van der Waals surface area contributed by atoms with Crippen LogP contribution in [-0.4, -0.2) is 46.9 Å². The zero-order chi connectivity index (χ0) is 45.2. The van der Waals surface area contributed by atoms with Gasteiger partial charge in [0.2, 0.25) is 5.91 Å². The number of carbonyl (C=O) groups is 2. The molecule has 0 fully saturated rings. The van der Waals surface area contributed by atoms with Gasteiger partial charge in [-0.1, -0.05) is 249 Å². The van der Waals surface area contributed by atoms with Crippen LogP contribution in [0.2, 0.25) is 0 Å². The molecule has 1 amide bonds. The molecule has 0 aromatic carbocycles. The van der Waals surface area contributed by atoms with E-state index in [1.165, 1.54) is 148 Å². The third-order valence-electron chi connectivity index (χ3n) is 12.2. The molecule has 0 aliphatic heterocycles. The lowest BCUT2D eigenvalue weighted by atomic mass is 10.0. The van der Waals surface area contributed by atoms with Crippen molar-refractivity contribution in [2.24, 2.45) is 0 Å². The van der Waals surface area contributed by atoms with Crippen molar-refractivity contribution in [3.8, 4) is 0 Å². The smallest absolute Gasteiger partial charge is 0.306 e. The van der Waals surface area contributed by atoms with Crippen LogP contribution >= 0.6 is 0 Å². The Kier molecular flexibility index (Phi) is 48.1. The predicted molar refractivity (Wildman–Crippen MR) is 269 cm³/mol. The average molecular weight is 870 g/mol. The summed E-state index contributed by atoms with van der Waals surface area (Å²) in [6, 6.07) is -0.717. The summed E-state index contributed by atoms with van der Waals surface area (Å²) in [5.41, 5.74) is 0. The second-order valence-electron chi connectivity index (χ2n) is 18.3. The fourth-order valence-corrected chi connectivity index (χ4v) is 8.13. The van der Waals surface area contributed by atoms with Crippen LogP contribution in [0.4, 0.5) is 0 Å². The van der Waals surface area contributed by atoms with Gasteiger partial charge in [0, 0.05) is 6.42 Å². The molecule has 0 rings (SSSR count). The lowest BCUT2D eigenvalue weighted by Gasteiger charge is -2.24. The number of hydrogen-bond donors (Lipinski definition) is 3. The van der Waals surface area contributed by atoms with Crippen LogP contribution in [-0.2, 0) is 14.3 Å². The molecule has 0 heterocycles. The minimum absolute atomic E-state index is 0.0425. The number of carbonyl (C=O) groups excluding carboxylic acids is 2. The molecule has 0 aliphatic carbocycles. The standard InChI is InChI=1S/C56H103NO5/c1-4-7-10-13-16-19-22-25-28-31-34-37-40-43-46-49-56(61)62-52(47-44-41-38-35-32-29-26-23-20-17-14-11-8-5-2)50-55(60)57-53(51-58)54(59)48-45-42-39-36-33-30-27-24-21-18-15-12-9-6-3/h8,11,17,20,26,29,35,38,52-54,58-59H,4-7,9-10,12-16,18-19,21-25,27-28,30-34,36-37,39-51H2,1-3H3,(H,57,60)/b11-8+,20-17+,29-26+,38-35+. The second kappa shape index (κ2) is 49.8. The number of rotatable bonds is 48. The Morgan fingerprint density at radius 3 is 1.29 bits per heavy atom. The molecule has 0 bridgehead atoms. The monoisotopic (exact) mass is 870 g/mol. The van der Waals surface area contributed by atoms with E-state index in [4.69, 9.17) is 4.74 Å². The first-order valence-electron chi connectivity index (χ1n) is 26.9. The fraction of sp³-hybridized carbons (Fsp3) is 0.821. The summed E-state index contributed by atoms with van der Waals surface area (Å²) >= 11 is 0. The Balaban J connectivity index is 4.61. The van der Waals surface area contributed by atoms with Gasteiger partial charge in [0.15, 0.2) is 0 Å². The molecule has 362 valence electrons. The summed E-state index contributed by atoms with van der Waals surface area (Å²) in [5.74, 6) is -0.518. The van der Waals surface area contributed by atoms with Crippen LogP contribution < -0.4 is 5.32 Å². The first kappa shape index (κ1) is 59.8. The second-order valence-corrected chi connectivity index (χ2v) is 18.3. The molecule has 0 spiro atoms. The largest absolute Gasteiger partial charge is 0.462 e. The van der Waals surface area contributed by atoms with Crippen molar-refractivity contribution in [2.45, 2.75) is 289 Å². The fourth-order valence-electron chi connectivity index (χ4n) is 8.13. The minimum atomic E-state index is -0.800. The third kappa shape index (κ3) is 44.4. The van der Waals surface area contributed by atoms with Gasteiger partial charge in [-0.25, -0.2) is 0 Å². The molecule has 0 aromatic rings. The molecular weight excluding hydrogens is 767 g/mol. The Morgan fingerprint density at radius 2 is 0.871 bits per heavy atom. The molecule has 6 heteroatoms. The van der Waals surface area contributed by atoms with Crippen molar-refractivity contribution >= 4 is 11.9 Å². The summed E-state index contributed by atoms with van der Waals surface area (Å²) in [5, 5.41) is 23.8. The highest BCUT2D eigenvalue weighted by atomic mass is 16.5. The summed E-state index contributed by atoms with van der Waals surface area (Å²) in [4.78, 5) is 26.2. The van der Waals surface area contributed by atoms with Crippen LogP contribution in [0.3, 0.4) is 0 Å². The van der Waals surface area contributed by atoms with Crippen molar-refractivity contribution in [1.29, 1.82) is 0 Å². The zero-order valence-corrected chi connectivity index (χ0v) is 41.3. The lowest BCUT2D eigenvalue weighted by Crippen LogP contribution is -2.46. The Labute approximate surface area is 385 Å².